The number of para-hydroxylation sites is 3. The van der Waals surface area contributed by atoms with Crippen LogP contribution in [-0.4, -0.2) is 32.0 Å². The maximum atomic E-state index is 12.3. The third-order valence-electron chi connectivity index (χ3n) is 5.59. The van der Waals surface area contributed by atoms with Crippen molar-refractivity contribution in [2.75, 3.05) is 5.75 Å². The molecule has 1 amide bonds. The number of benzene rings is 3. The van der Waals surface area contributed by atoms with Crippen LogP contribution in [0.3, 0.4) is 0 Å². The van der Waals surface area contributed by atoms with Crippen molar-refractivity contribution in [3.8, 4) is 0 Å². The lowest BCUT2D eigenvalue weighted by molar-refractivity contribution is -0.118. The molecule has 0 saturated heterocycles. The molecule has 0 spiro atoms. The number of fused-ring (bicyclic) bond motifs is 4. The number of hydrogen-bond donors (Lipinski definition) is 1. The minimum Gasteiger partial charge on any atom is -0.341 e. The van der Waals surface area contributed by atoms with Crippen molar-refractivity contribution >= 4 is 56.7 Å². The topological polar surface area (TPSA) is 64.2 Å². The van der Waals surface area contributed by atoms with Gasteiger partial charge in [-0.15, -0.1) is 0 Å². The zero-order valence-corrected chi connectivity index (χ0v) is 18.8. The predicted molar refractivity (Wildman–Crippen MR) is 132 cm³/mol. The molecule has 0 radical (unpaired) electrons. The lowest BCUT2D eigenvalue weighted by atomic mass is 10.1. The van der Waals surface area contributed by atoms with Gasteiger partial charge in [0, 0.05) is 35.4 Å². The summed E-state index contributed by atoms with van der Waals surface area (Å²) < 4.78 is 4.31. The molecule has 0 aliphatic carbocycles. The molecule has 2 aromatic heterocycles. The molecular weight excluding hydrogens is 418 g/mol. The Hall–Kier alpha value is -3.58. The van der Waals surface area contributed by atoms with Crippen LogP contribution in [0.25, 0.3) is 32.8 Å². The molecule has 0 saturated carbocycles. The number of nitrogens with one attached hydrogen (secondary N) is 1. The second-order valence-electron chi connectivity index (χ2n) is 7.56. The van der Waals surface area contributed by atoms with Gasteiger partial charge in [-0.2, -0.15) is 5.10 Å². The molecule has 5 aromatic rings. The van der Waals surface area contributed by atoms with E-state index in [4.69, 9.17) is 0 Å². The lowest BCUT2D eigenvalue weighted by Crippen LogP contribution is -2.19. The van der Waals surface area contributed by atoms with Gasteiger partial charge in [0.1, 0.15) is 0 Å². The van der Waals surface area contributed by atoms with Gasteiger partial charge in [-0.05, 0) is 42.8 Å². The van der Waals surface area contributed by atoms with Gasteiger partial charge in [-0.25, -0.2) is 10.4 Å². The first-order valence-electron chi connectivity index (χ1n) is 10.5. The van der Waals surface area contributed by atoms with Crippen LogP contribution in [0.1, 0.15) is 12.5 Å². The third-order valence-corrected chi connectivity index (χ3v) is 6.62. The average Bonchev–Trinajstić information content (AvgIpc) is 3.32. The fraction of sp³-hybridized carbons (Fsp3) is 0.160. The minimum absolute atomic E-state index is 0.165. The first kappa shape index (κ1) is 20.3. The smallest absolute Gasteiger partial charge is 0.250 e. The number of carbonyl (C=O) groups is 1. The molecule has 5 rings (SSSR count). The average molecular weight is 442 g/mol. The van der Waals surface area contributed by atoms with E-state index >= 15 is 0 Å². The van der Waals surface area contributed by atoms with E-state index in [1.54, 1.807) is 6.21 Å². The number of hydrazone groups is 1. The van der Waals surface area contributed by atoms with Gasteiger partial charge in [0.25, 0.3) is 5.91 Å². The zero-order chi connectivity index (χ0) is 22.1. The second kappa shape index (κ2) is 8.51. The molecule has 0 unspecified atom stereocenters. The van der Waals surface area contributed by atoms with Crippen LogP contribution in [-0.2, 0) is 18.4 Å². The highest BCUT2D eigenvalue weighted by Gasteiger charge is 2.11. The summed E-state index contributed by atoms with van der Waals surface area (Å²) in [6, 6.07) is 22.6. The van der Waals surface area contributed by atoms with Crippen molar-refractivity contribution < 1.29 is 4.79 Å². The number of thioether (sulfide) groups is 1. The van der Waals surface area contributed by atoms with E-state index in [2.05, 4.69) is 63.4 Å². The Kier molecular flexibility index (Phi) is 5.41. The molecule has 160 valence electrons. The van der Waals surface area contributed by atoms with Crippen molar-refractivity contribution in [1.29, 1.82) is 0 Å². The molecule has 0 bridgehead atoms. The Morgan fingerprint density at radius 1 is 1.03 bits per heavy atom. The lowest BCUT2D eigenvalue weighted by Gasteiger charge is -2.03. The monoisotopic (exact) mass is 441 g/mol. The van der Waals surface area contributed by atoms with Crippen LogP contribution in [0.5, 0.6) is 0 Å². The fourth-order valence-electron chi connectivity index (χ4n) is 4.09. The maximum Gasteiger partial charge on any atom is 0.250 e. The first-order valence-corrected chi connectivity index (χ1v) is 11.5. The Morgan fingerprint density at radius 2 is 1.78 bits per heavy atom. The van der Waals surface area contributed by atoms with Crippen LogP contribution >= 0.6 is 11.8 Å². The summed E-state index contributed by atoms with van der Waals surface area (Å²) in [6.07, 6.45) is 1.69. The van der Waals surface area contributed by atoms with Gasteiger partial charge in [-0.3, -0.25) is 4.79 Å². The van der Waals surface area contributed by atoms with Crippen molar-refractivity contribution in [2.24, 2.45) is 12.1 Å². The predicted octanol–water partition coefficient (Wildman–Crippen LogP) is 4.94. The molecule has 6 nitrogen and oxygen atoms in total. The summed E-state index contributed by atoms with van der Waals surface area (Å²) in [5.74, 6) is 0.0827. The highest BCUT2D eigenvalue weighted by Crippen LogP contribution is 2.29. The highest BCUT2D eigenvalue weighted by molar-refractivity contribution is 7.99. The summed E-state index contributed by atoms with van der Waals surface area (Å²) in [5.41, 5.74) is 7.97. The Balaban J connectivity index is 1.27. The minimum atomic E-state index is -0.165. The van der Waals surface area contributed by atoms with Crippen molar-refractivity contribution in [2.45, 2.75) is 18.6 Å². The van der Waals surface area contributed by atoms with Crippen molar-refractivity contribution in [3.63, 3.8) is 0 Å². The quantitative estimate of drug-likeness (QED) is 0.231. The van der Waals surface area contributed by atoms with Crippen LogP contribution in [0.15, 0.2) is 77.0 Å². The van der Waals surface area contributed by atoms with Crippen LogP contribution in [0, 0.1) is 0 Å². The number of aryl methyl sites for hydroxylation is 2. The highest BCUT2D eigenvalue weighted by atomic mass is 32.2. The number of hydrogen-bond acceptors (Lipinski definition) is 4. The number of aromatic nitrogens is 3. The van der Waals surface area contributed by atoms with Crippen molar-refractivity contribution in [3.05, 3.63) is 72.3 Å². The van der Waals surface area contributed by atoms with Gasteiger partial charge < -0.3 is 9.13 Å². The molecule has 2 heterocycles. The molecule has 0 aliphatic rings. The Bertz CT molecular complexity index is 1480. The van der Waals surface area contributed by atoms with Gasteiger partial charge in [0.05, 0.1) is 23.0 Å². The van der Waals surface area contributed by atoms with E-state index in [-0.39, 0.29) is 11.7 Å². The second-order valence-corrected chi connectivity index (χ2v) is 8.50. The van der Waals surface area contributed by atoms with E-state index in [1.165, 1.54) is 33.6 Å². The standard InChI is InChI=1S/C25H23N5OS/c1-3-30-21-10-6-4-8-18(21)19-14-17(12-13-22(19)30)15-26-28-24(31)16-32-25-27-20-9-5-7-11-23(20)29(25)2/h4-15H,3,16H2,1-2H3,(H,28,31). The SMILES string of the molecule is CCn1c2ccccc2c2cc(C=NNC(=O)CSc3nc4ccccc4n3C)ccc21. The van der Waals surface area contributed by atoms with Crippen molar-refractivity contribution in [1.82, 2.24) is 19.5 Å². The fourth-order valence-corrected chi connectivity index (χ4v) is 4.87. The molecule has 1 N–H and O–H groups in total. The molecule has 7 heteroatoms. The number of carbonyl (C=O) groups excluding carboxylic acids is 1. The summed E-state index contributed by atoms with van der Waals surface area (Å²) in [5, 5.41) is 7.38. The number of rotatable bonds is 6. The number of nitrogens with zero attached hydrogens (tertiary/aromatic N) is 4. The summed E-state index contributed by atoms with van der Waals surface area (Å²) >= 11 is 1.40. The van der Waals surface area contributed by atoms with Gasteiger partial charge in [0.2, 0.25) is 0 Å². The molecule has 3 aromatic carbocycles. The van der Waals surface area contributed by atoms with Gasteiger partial charge in [-0.1, -0.05) is 48.2 Å². The van der Waals surface area contributed by atoms with E-state index in [0.717, 1.165) is 28.3 Å². The molecule has 0 atom stereocenters. The van der Waals surface area contributed by atoms with Gasteiger partial charge in [0.15, 0.2) is 5.16 Å². The van der Waals surface area contributed by atoms with E-state index in [0.29, 0.717) is 0 Å². The first-order chi connectivity index (χ1) is 15.7. The summed E-state index contributed by atoms with van der Waals surface area (Å²) in [7, 11) is 1.96. The Labute approximate surface area is 189 Å². The third kappa shape index (κ3) is 3.65. The molecule has 0 fully saturated rings. The number of imidazole rings is 1. The van der Waals surface area contributed by atoms with Crippen LogP contribution < -0.4 is 5.43 Å². The van der Waals surface area contributed by atoms with Crippen LogP contribution in [0.2, 0.25) is 0 Å². The molecule has 32 heavy (non-hydrogen) atoms. The van der Waals surface area contributed by atoms with E-state index < -0.39 is 0 Å². The summed E-state index contributed by atoms with van der Waals surface area (Å²) in [4.78, 5) is 16.9. The van der Waals surface area contributed by atoms with E-state index in [9.17, 15) is 4.79 Å². The van der Waals surface area contributed by atoms with Crippen LogP contribution in [0.4, 0.5) is 0 Å². The number of amides is 1. The molecular formula is C25H23N5OS. The summed E-state index contributed by atoms with van der Waals surface area (Å²) in [6.45, 7) is 3.07. The Morgan fingerprint density at radius 3 is 2.59 bits per heavy atom. The molecule has 0 aliphatic heterocycles. The zero-order valence-electron chi connectivity index (χ0n) is 17.9. The van der Waals surface area contributed by atoms with Gasteiger partial charge >= 0.3 is 0 Å². The largest absolute Gasteiger partial charge is 0.341 e. The maximum absolute atomic E-state index is 12.3. The normalized spacial score (nSPS) is 11.8. The van der Waals surface area contributed by atoms with E-state index in [1.807, 2.05) is 41.9 Å².